The van der Waals surface area contributed by atoms with Crippen molar-refractivity contribution in [1.82, 2.24) is 4.98 Å². The van der Waals surface area contributed by atoms with E-state index in [-0.39, 0.29) is 10.7 Å². The van der Waals surface area contributed by atoms with Crippen LogP contribution < -0.4 is 0 Å². The lowest BCUT2D eigenvalue weighted by Crippen LogP contribution is -2.05. The van der Waals surface area contributed by atoms with E-state index in [0.717, 1.165) is 21.8 Å². The van der Waals surface area contributed by atoms with Crippen LogP contribution in [0, 0.1) is 6.92 Å². The van der Waals surface area contributed by atoms with Crippen LogP contribution in [-0.4, -0.2) is 4.98 Å². The molecule has 0 saturated carbocycles. The minimum Gasteiger partial charge on any atom is -0.261 e. The fourth-order valence-electron chi connectivity index (χ4n) is 1.95. The molecule has 0 aliphatic rings. The maximum absolute atomic E-state index is 6.37. The van der Waals surface area contributed by atoms with Gasteiger partial charge in [-0.25, -0.2) is 0 Å². The van der Waals surface area contributed by atoms with Crippen molar-refractivity contribution in [2.24, 2.45) is 0 Å². The largest absolute Gasteiger partial charge is 0.261 e. The molecular formula is C15H15BrClN. The van der Waals surface area contributed by atoms with Crippen molar-refractivity contribution in [3.8, 4) is 0 Å². The summed E-state index contributed by atoms with van der Waals surface area (Å²) >= 11 is 10.1. The zero-order valence-corrected chi connectivity index (χ0v) is 12.7. The predicted molar refractivity (Wildman–Crippen MR) is 80.5 cm³/mol. The third-order valence-corrected chi connectivity index (χ3v) is 4.91. The van der Waals surface area contributed by atoms with Crippen LogP contribution in [0.3, 0.4) is 0 Å². The number of hydrogen-bond donors (Lipinski definition) is 0. The Kier molecular flexibility index (Phi) is 4.41. The molecule has 94 valence electrons. The van der Waals surface area contributed by atoms with Crippen molar-refractivity contribution in [2.45, 2.75) is 24.6 Å². The monoisotopic (exact) mass is 323 g/mol. The number of rotatable bonds is 3. The van der Waals surface area contributed by atoms with Crippen LogP contribution in [0.5, 0.6) is 0 Å². The summed E-state index contributed by atoms with van der Waals surface area (Å²) < 4.78 is 0. The van der Waals surface area contributed by atoms with Gasteiger partial charge in [-0.05, 0) is 30.2 Å². The summed E-state index contributed by atoms with van der Waals surface area (Å²) in [5.74, 6) is 0.269. The maximum atomic E-state index is 6.37. The van der Waals surface area contributed by atoms with E-state index in [1.165, 1.54) is 0 Å². The van der Waals surface area contributed by atoms with Gasteiger partial charge in [0, 0.05) is 27.7 Å². The molecule has 0 N–H and O–H groups in total. The topological polar surface area (TPSA) is 12.9 Å². The lowest BCUT2D eigenvalue weighted by atomic mass is 9.96. The number of aryl methyl sites for hydroxylation is 1. The number of nitrogens with zero attached hydrogens (tertiary/aromatic N) is 1. The quantitative estimate of drug-likeness (QED) is 0.700. The Morgan fingerprint density at radius 3 is 2.61 bits per heavy atom. The summed E-state index contributed by atoms with van der Waals surface area (Å²) in [5.41, 5.74) is 3.29. The van der Waals surface area contributed by atoms with Crippen molar-refractivity contribution in [3.05, 3.63) is 64.4 Å². The van der Waals surface area contributed by atoms with E-state index in [0.29, 0.717) is 0 Å². The fourth-order valence-corrected chi connectivity index (χ4v) is 2.98. The van der Waals surface area contributed by atoms with Crippen LogP contribution in [0.15, 0.2) is 42.6 Å². The summed E-state index contributed by atoms with van der Waals surface area (Å²) in [4.78, 5) is 4.57. The summed E-state index contributed by atoms with van der Waals surface area (Å²) in [5, 5.41) is 0.835. The fraction of sp³-hybridized carbons (Fsp3) is 0.267. The predicted octanol–water partition coefficient (Wildman–Crippen LogP) is 5.28. The smallest absolute Gasteiger partial charge is 0.0491 e. The Labute approximate surface area is 121 Å². The minimum atomic E-state index is 0.166. The molecule has 0 amide bonds. The SMILES string of the molecule is Cc1cccc(C(Br)C(C)c2ccccn2)c1Cl. The highest BCUT2D eigenvalue weighted by Gasteiger charge is 2.21. The van der Waals surface area contributed by atoms with Crippen molar-refractivity contribution in [3.63, 3.8) is 0 Å². The Balaban J connectivity index is 2.31. The number of aromatic nitrogens is 1. The minimum absolute atomic E-state index is 0.166. The molecule has 1 heterocycles. The number of alkyl halides is 1. The molecule has 0 saturated heterocycles. The molecule has 2 atom stereocenters. The van der Waals surface area contributed by atoms with Gasteiger partial charge in [0.2, 0.25) is 0 Å². The van der Waals surface area contributed by atoms with E-state index in [9.17, 15) is 0 Å². The van der Waals surface area contributed by atoms with Crippen LogP contribution in [0.2, 0.25) is 5.02 Å². The van der Waals surface area contributed by atoms with E-state index in [1.807, 2.05) is 43.5 Å². The van der Waals surface area contributed by atoms with E-state index >= 15 is 0 Å². The molecule has 0 aliphatic carbocycles. The first-order chi connectivity index (χ1) is 8.61. The van der Waals surface area contributed by atoms with Crippen LogP contribution in [0.4, 0.5) is 0 Å². The van der Waals surface area contributed by atoms with E-state index in [2.05, 4.69) is 33.9 Å². The highest BCUT2D eigenvalue weighted by Crippen LogP contribution is 2.40. The van der Waals surface area contributed by atoms with E-state index in [4.69, 9.17) is 11.6 Å². The summed E-state index contributed by atoms with van der Waals surface area (Å²) in [6.45, 7) is 4.18. The van der Waals surface area contributed by atoms with Crippen LogP contribution >= 0.6 is 27.5 Å². The van der Waals surface area contributed by atoms with Crippen molar-refractivity contribution < 1.29 is 0 Å². The van der Waals surface area contributed by atoms with Gasteiger partial charge in [-0.1, -0.05) is 58.7 Å². The van der Waals surface area contributed by atoms with Gasteiger partial charge in [0.15, 0.2) is 0 Å². The van der Waals surface area contributed by atoms with Gasteiger partial charge in [-0.2, -0.15) is 0 Å². The first-order valence-electron chi connectivity index (χ1n) is 5.91. The number of pyridine rings is 1. The third-order valence-electron chi connectivity index (χ3n) is 3.11. The molecule has 0 aliphatic heterocycles. The molecule has 2 aromatic rings. The molecule has 18 heavy (non-hydrogen) atoms. The van der Waals surface area contributed by atoms with Gasteiger partial charge in [-0.3, -0.25) is 4.98 Å². The molecule has 0 spiro atoms. The third kappa shape index (κ3) is 2.76. The second-order valence-electron chi connectivity index (χ2n) is 4.42. The zero-order valence-electron chi connectivity index (χ0n) is 10.4. The van der Waals surface area contributed by atoms with Gasteiger partial charge < -0.3 is 0 Å². The molecule has 2 rings (SSSR count). The van der Waals surface area contributed by atoms with Gasteiger partial charge in [0.25, 0.3) is 0 Å². The van der Waals surface area contributed by atoms with Gasteiger partial charge in [0.05, 0.1) is 0 Å². The Morgan fingerprint density at radius 1 is 1.17 bits per heavy atom. The van der Waals surface area contributed by atoms with E-state index < -0.39 is 0 Å². The van der Waals surface area contributed by atoms with Crippen LogP contribution in [0.25, 0.3) is 0 Å². The number of halogens is 2. The average Bonchev–Trinajstić information content (AvgIpc) is 2.41. The highest BCUT2D eigenvalue weighted by molar-refractivity contribution is 9.09. The van der Waals surface area contributed by atoms with Gasteiger partial charge in [-0.15, -0.1) is 0 Å². The Hall–Kier alpha value is -0.860. The summed E-state index contributed by atoms with van der Waals surface area (Å²) in [6.07, 6.45) is 1.82. The van der Waals surface area contributed by atoms with Crippen molar-refractivity contribution >= 4 is 27.5 Å². The van der Waals surface area contributed by atoms with Gasteiger partial charge in [0.1, 0.15) is 0 Å². The molecule has 1 aromatic heterocycles. The van der Waals surface area contributed by atoms with Crippen LogP contribution in [-0.2, 0) is 0 Å². The lowest BCUT2D eigenvalue weighted by Gasteiger charge is -2.20. The standard InChI is InChI=1S/C15H15BrClN/c1-10-6-5-7-12(15(10)17)14(16)11(2)13-8-3-4-9-18-13/h3-9,11,14H,1-2H3. The van der Waals surface area contributed by atoms with Gasteiger partial charge >= 0.3 is 0 Å². The zero-order chi connectivity index (χ0) is 13.1. The summed E-state index contributed by atoms with van der Waals surface area (Å²) in [7, 11) is 0. The second kappa shape index (κ2) is 5.85. The van der Waals surface area contributed by atoms with Crippen molar-refractivity contribution in [2.75, 3.05) is 0 Å². The first kappa shape index (κ1) is 13.6. The average molecular weight is 325 g/mol. The van der Waals surface area contributed by atoms with Crippen molar-refractivity contribution in [1.29, 1.82) is 0 Å². The molecule has 0 radical (unpaired) electrons. The number of hydrogen-bond acceptors (Lipinski definition) is 1. The Morgan fingerprint density at radius 2 is 1.94 bits per heavy atom. The molecule has 1 aromatic carbocycles. The first-order valence-corrected chi connectivity index (χ1v) is 7.20. The maximum Gasteiger partial charge on any atom is 0.0491 e. The van der Waals surface area contributed by atoms with Crippen LogP contribution in [0.1, 0.15) is 34.5 Å². The van der Waals surface area contributed by atoms with E-state index in [1.54, 1.807) is 0 Å². The molecule has 2 unspecified atom stereocenters. The summed E-state index contributed by atoms with van der Waals surface area (Å²) in [6, 6.07) is 12.1. The second-order valence-corrected chi connectivity index (χ2v) is 5.79. The molecule has 0 bridgehead atoms. The molecule has 1 nitrogen and oxygen atoms in total. The highest BCUT2D eigenvalue weighted by atomic mass is 79.9. The number of benzene rings is 1. The Bertz CT molecular complexity index is 527. The molecule has 3 heteroatoms. The molecular weight excluding hydrogens is 310 g/mol. The lowest BCUT2D eigenvalue weighted by molar-refractivity contribution is 0.724. The normalized spacial score (nSPS) is 14.2. The molecule has 0 fully saturated rings.